The van der Waals surface area contributed by atoms with Gasteiger partial charge in [-0.05, 0) is 55.5 Å². The van der Waals surface area contributed by atoms with E-state index in [2.05, 4.69) is 0 Å². The van der Waals surface area contributed by atoms with Gasteiger partial charge in [0.2, 0.25) is 17.7 Å². The fourth-order valence-corrected chi connectivity index (χ4v) is 5.99. The average molecular weight is 491 g/mol. The molecule has 0 radical (unpaired) electrons. The Morgan fingerprint density at radius 1 is 1.08 bits per heavy atom. The molecular formula is C29H34N2O5. The van der Waals surface area contributed by atoms with Crippen molar-refractivity contribution in [1.82, 2.24) is 9.80 Å². The summed E-state index contributed by atoms with van der Waals surface area (Å²) in [7, 11) is 1.76. The smallest absolute Gasteiger partial charge is 0.241 e. The van der Waals surface area contributed by atoms with E-state index < -0.39 is 5.41 Å². The lowest BCUT2D eigenvalue weighted by molar-refractivity contribution is -0.145. The van der Waals surface area contributed by atoms with Crippen LogP contribution in [0.25, 0.3) is 0 Å². The largest absolute Gasteiger partial charge is 0.486 e. The zero-order valence-corrected chi connectivity index (χ0v) is 21.3. The van der Waals surface area contributed by atoms with Crippen LogP contribution in [-0.4, -0.2) is 53.8 Å². The number of likely N-dealkylation sites (tertiary alicyclic amines) is 1. The molecule has 0 N–H and O–H groups in total. The van der Waals surface area contributed by atoms with Crippen LogP contribution in [0.2, 0.25) is 0 Å². The van der Waals surface area contributed by atoms with E-state index in [0.29, 0.717) is 24.7 Å². The second-order valence-corrected chi connectivity index (χ2v) is 10.3. The Kier molecular flexibility index (Phi) is 6.49. The molecule has 2 aliphatic heterocycles. The summed E-state index contributed by atoms with van der Waals surface area (Å²) in [5.74, 6) is 0.821. The number of fused-ring (bicyclic) bond motifs is 1. The number of hydrogen-bond acceptors (Lipinski definition) is 5. The van der Waals surface area contributed by atoms with Crippen LogP contribution in [0.4, 0.5) is 0 Å². The Balaban J connectivity index is 1.44. The molecule has 2 heterocycles. The summed E-state index contributed by atoms with van der Waals surface area (Å²) in [6, 6.07) is 13.0. The predicted molar refractivity (Wildman–Crippen MR) is 135 cm³/mol. The number of hydrogen-bond donors (Lipinski definition) is 0. The highest BCUT2D eigenvalue weighted by molar-refractivity contribution is 6.11. The third-order valence-electron chi connectivity index (χ3n) is 8.18. The van der Waals surface area contributed by atoms with Gasteiger partial charge in [-0.25, -0.2) is 0 Å². The van der Waals surface area contributed by atoms with Crippen molar-refractivity contribution >= 4 is 17.7 Å². The van der Waals surface area contributed by atoms with Crippen LogP contribution in [0, 0.1) is 6.92 Å². The van der Waals surface area contributed by atoms with Crippen LogP contribution in [0.1, 0.15) is 68.2 Å². The maximum absolute atomic E-state index is 14.0. The Morgan fingerprint density at radius 2 is 1.78 bits per heavy atom. The molecule has 0 unspecified atom stereocenters. The van der Waals surface area contributed by atoms with Crippen LogP contribution >= 0.6 is 0 Å². The molecule has 7 heteroatoms. The van der Waals surface area contributed by atoms with Crippen molar-refractivity contribution in [1.29, 1.82) is 0 Å². The van der Waals surface area contributed by atoms with E-state index in [1.165, 1.54) is 4.90 Å². The normalized spacial score (nSPS) is 22.7. The van der Waals surface area contributed by atoms with Crippen LogP contribution in [0.15, 0.2) is 42.5 Å². The van der Waals surface area contributed by atoms with E-state index in [1.807, 2.05) is 56.3 Å². The monoisotopic (exact) mass is 490 g/mol. The van der Waals surface area contributed by atoms with Crippen molar-refractivity contribution in [2.45, 2.75) is 69.9 Å². The molecule has 5 rings (SSSR count). The highest BCUT2D eigenvalue weighted by Crippen LogP contribution is 2.44. The number of benzene rings is 2. The molecule has 0 spiro atoms. The minimum atomic E-state index is -1.18. The summed E-state index contributed by atoms with van der Waals surface area (Å²) < 4.78 is 11.3. The van der Waals surface area contributed by atoms with E-state index >= 15 is 0 Å². The van der Waals surface area contributed by atoms with Gasteiger partial charge in [-0.1, -0.05) is 43.2 Å². The predicted octanol–water partition coefficient (Wildman–Crippen LogP) is 4.32. The molecule has 190 valence electrons. The Morgan fingerprint density at radius 3 is 2.50 bits per heavy atom. The summed E-state index contributed by atoms with van der Waals surface area (Å²) in [5.41, 5.74) is 1.43. The van der Waals surface area contributed by atoms with Gasteiger partial charge in [-0.2, -0.15) is 0 Å². The average Bonchev–Trinajstić information content (AvgIpc) is 3.49. The number of nitrogens with zero attached hydrogens (tertiary/aromatic N) is 2. The standard InChI is InChI=1S/C29H34N2O5/c1-19-8-4-7-11-23(19)29(18-27(33)31(28(29)34)22-9-5-6-10-22)17-26(32)30(3)20(2)21-12-13-24-25(16-21)36-15-14-35-24/h4,7-8,11-13,16,20,22H,5-6,9-10,14-15,17-18H2,1-3H3/t20-,29+/m0/s1. The van der Waals surface area contributed by atoms with Gasteiger partial charge in [0.05, 0.1) is 11.5 Å². The molecule has 1 aliphatic carbocycles. The number of rotatable bonds is 6. The van der Waals surface area contributed by atoms with E-state index in [-0.39, 0.29) is 42.6 Å². The molecule has 2 aromatic carbocycles. The number of amides is 3. The van der Waals surface area contributed by atoms with Gasteiger partial charge in [0, 0.05) is 25.9 Å². The Bertz CT molecular complexity index is 1190. The number of imide groups is 1. The first-order valence-corrected chi connectivity index (χ1v) is 12.9. The van der Waals surface area contributed by atoms with E-state index in [0.717, 1.165) is 42.4 Å². The van der Waals surface area contributed by atoms with E-state index in [4.69, 9.17) is 9.47 Å². The lowest BCUT2D eigenvalue weighted by Crippen LogP contribution is -2.46. The lowest BCUT2D eigenvalue weighted by Gasteiger charge is -2.33. The molecule has 36 heavy (non-hydrogen) atoms. The summed E-state index contributed by atoms with van der Waals surface area (Å²) in [6.07, 6.45) is 3.72. The van der Waals surface area contributed by atoms with Gasteiger partial charge in [-0.15, -0.1) is 0 Å². The van der Waals surface area contributed by atoms with Crippen molar-refractivity contribution in [2.24, 2.45) is 0 Å². The van der Waals surface area contributed by atoms with Crippen molar-refractivity contribution in [3.63, 3.8) is 0 Å². The number of carbonyl (C=O) groups is 3. The molecule has 3 amide bonds. The summed E-state index contributed by atoms with van der Waals surface area (Å²) >= 11 is 0. The van der Waals surface area contributed by atoms with Crippen LogP contribution in [0.5, 0.6) is 11.5 Å². The molecule has 1 saturated heterocycles. The molecule has 7 nitrogen and oxygen atoms in total. The SMILES string of the molecule is Cc1ccccc1[C@@]1(CC(=O)N(C)[C@@H](C)c2ccc3c(c2)OCCO3)CC(=O)N(C2CCCC2)C1=O. The Labute approximate surface area is 212 Å². The third kappa shape index (κ3) is 4.14. The second kappa shape index (κ2) is 9.60. The fourth-order valence-electron chi connectivity index (χ4n) is 5.99. The maximum Gasteiger partial charge on any atom is 0.241 e. The quantitative estimate of drug-likeness (QED) is 0.564. The summed E-state index contributed by atoms with van der Waals surface area (Å²) in [4.78, 5) is 44.2. The van der Waals surface area contributed by atoms with Crippen molar-refractivity contribution in [2.75, 3.05) is 20.3 Å². The molecule has 0 aromatic heterocycles. The maximum atomic E-state index is 14.0. The van der Waals surface area contributed by atoms with E-state index in [1.54, 1.807) is 11.9 Å². The molecule has 1 saturated carbocycles. The van der Waals surface area contributed by atoms with Crippen molar-refractivity contribution in [3.8, 4) is 11.5 Å². The van der Waals surface area contributed by atoms with Crippen LogP contribution in [0.3, 0.4) is 0 Å². The van der Waals surface area contributed by atoms with Crippen LogP contribution in [-0.2, 0) is 19.8 Å². The van der Waals surface area contributed by atoms with E-state index in [9.17, 15) is 14.4 Å². The molecule has 0 bridgehead atoms. The van der Waals surface area contributed by atoms with Gasteiger partial charge >= 0.3 is 0 Å². The third-order valence-corrected chi connectivity index (χ3v) is 8.18. The molecule has 3 aliphatic rings. The zero-order valence-electron chi connectivity index (χ0n) is 21.3. The molecular weight excluding hydrogens is 456 g/mol. The topological polar surface area (TPSA) is 76.2 Å². The fraction of sp³-hybridized carbons (Fsp3) is 0.483. The van der Waals surface area contributed by atoms with Gasteiger partial charge in [-0.3, -0.25) is 19.3 Å². The van der Waals surface area contributed by atoms with Gasteiger partial charge in [0.25, 0.3) is 0 Å². The highest BCUT2D eigenvalue weighted by Gasteiger charge is 2.56. The molecule has 2 aromatic rings. The molecule has 2 fully saturated rings. The first kappa shape index (κ1) is 24.3. The molecule has 2 atom stereocenters. The zero-order chi connectivity index (χ0) is 25.4. The summed E-state index contributed by atoms with van der Waals surface area (Å²) in [6.45, 7) is 4.91. The number of ether oxygens (including phenoxy) is 2. The minimum absolute atomic E-state index is 0.0329. The van der Waals surface area contributed by atoms with Crippen molar-refractivity contribution < 1.29 is 23.9 Å². The second-order valence-electron chi connectivity index (χ2n) is 10.3. The van der Waals surface area contributed by atoms with Gasteiger partial charge in [0.1, 0.15) is 13.2 Å². The van der Waals surface area contributed by atoms with Gasteiger partial charge in [0.15, 0.2) is 11.5 Å². The number of carbonyl (C=O) groups excluding carboxylic acids is 3. The highest BCUT2D eigenvalue weighted by atomic mass is 16.6. The van der Waals surface area contributed by atoms with Crippen molar-refractivity contribution in [3.05, 3.63) is 59.2 Å². The van der Waals surface area contributed by atoms with Gasteiger partial charge < -0.3 is 14.4 Å². The Hall–Kier alpha value is -3.35. The summed E-state index contributed by atoms with van der Waals surface area (Å²) in [5, 5.41) is 0. The minimum Gasteiger partial charge on any atom is -0.486 e. The first-order valence-electron chi connectivity index (χ1n) is 12.9. The lowest BCUT2D eigenvalue weighted by atomic mass is 9.73. The van der Waals surface area contributed by atoms with Crippen LogP contribution < -0.4 is 9.47 Å². The first-order chi connectivity index (χ1) is 17.3. The number of aryl methyl sites for hydroxylation is 1.